The van der Waals surface area contributed by atoms with Gasteiger partial charge in [-0.1, -0.05) is 46.7 Å². The predicted molar refractivity (Wildman–Crippen MR) is 88.5 cm³/mol. The Bertz CT molecular complexity index is 585. The number of benzene rings is 1. The van der Waals surface area contributed by atoms with Crippen LogP contribution in [-0.2, 0) is 15.8 Å². The quantitative estimate of drug-likeness (QED) is 0.792. The third-order valence-electron chi connectivity index (χ3n) is 2.84. The average molecular weight is 377 g/mol. The molecule has 1 aliphatic rings. The van der Waals surface area contributed by atoms with E-state index < -0.39 is 10.0 Å². The monoisotopic (exact) mass is 376 g/mol. The molecular weight excluding hydrogens is 360 g/mol. The van der Waals surface area contributed by atoms with E-state index >= 15 is 0 Å². The Hall–Kier alpha value is -0.530. The summed E-state index contributed by atoms with van der Waals surface area (Å²) in [5, 5.41) is 0.626. The molecule has 0 amide bonds. The number of aliphatic imine (C=N–C) groups is 1. The van der Waals surface area contributed by atoms with E-state index in [1.807, 2.05) is 31.2 Å². The topological polar surface area (TPSA) is 49.7 Å². The van der Waals surface area contributed by atoms with Gasteiger partial charge in [-0.15, -0.1) is 0 Å². The summed E-state index contributed by atoms with van der Waals surface area (Å²) in [4.78, 5) is 4.32. The van der Waals surface area contributed by atoms with Crippen LogP contribution in [0.1, 0.15) is 18.9 Å². The molecule has 1 aliphatic heterocycles. The van der Waals surface area contributed by atoms with Crippen molar-refractivity contribution in [3.05, 3.63) is 34.3 Å². The van der Waals surface area contributed by atoms with Gasteiger partial charge in [0.05, 0.1) is 18.8 Å². The number of hydrogen-bond donors (Lipinski definition) is 0. The molecule has 0 atom stereocenters. The first-order chi connectivity index (χ1) is 9.53. The Morgan fingerprint density at radius 3 is 2.70 bits per heavy atom. The average Bonchev–Trinajstić information content (AvgIpc) is 2.87. The molecule has 0 saturated heterocycles. The number of rotatable bonds is 5. The second-order valence-electron chi connectivity index (χ2n) is 4.47. The van der Waals surface area contributed by atoms with Crippen LogP contribution in [0.2, 0.25) is 0 Å². The van der Waals surface area contributed by atoms with Crippen molar-refractivity contribution in [1.82, 2.24) is 4.31 Å². The lowest BCUT2D eigenvalue weighted by molar-refractivity contribution is 0.539. The Morgan fingerprint density at radius 2 is 2.05 bits per heavy atom. The molecule has 0 unspecified atom stereocenters. The van der Waals surface area contributed by atoms with Gasteiger partial charge in [0.1, 0.15) is 0 Å². The van der Waals surface area contributed by atoms with Gasteiger partial charge in [0.2, 0.25) is 10.0 Å². The van der Waals surface area contributed by atoms with Crippen LogP contribution in [0.5, 0.6) is 0 Å². The highest BCUT2D eigenvalue weighted by molar-refractivity contribution is 9.10. The van der Waals surface area contributed by atoms with E-state index in [1.165, 1.54) is 16.1 Å². The summed E-state index contributed by atoms with van der Waals surface area (Å²) in [5.41, 5.74) is 1.15. The predicted octanol–water partition coefficient (Wildman–Crippen LogP) is 3.09. The molecule has 0 aliphatic carbocycles. The minimum Gasteiger partial charge on any atom is -0.260 e. The third kappa shape index (κ3) is 3.99. The van der Waals surface area contributed by atoms with E-state index in [9.17, 15) is 8.42 Å². The second-order valence-corrected chi connectivity index (χ2v) is 8.34. The lowest BCUT2D eigenvalue weighted by Gasteiger charge is -2.19. The number of nitrogens with zero attached hydrogens (tertiary/aromatic N) is 2. The molecule has 1 heterocycles. The number of amidine groups is 1. The van der Waals surface area contributed by atoms with E-state index in [-0.39, 0.29) is 5.75 Å². The van der Waals surface area contributed by atoms with Crippen LogP contribution >= 0.6 is 27.7 Å². The van der Waals surface area contributed by atoms with Gasteiger partial charge in [-0.25, -0.2) is 12.7 Å². The zero-order valence-corrected chi connectivity index (χ0v) is 14.5. The van der Waals surface area contributed by atoms with Crippen molar-refractivity contribution in [2.75, 3.05) is 18.8 Å². The van der Waals surface area contributed by atoms with Gasteiger partial charge in [-0.05, 0) is 24.1 Å². The molecule has 2 rings (SSSR count). The minimum atomic E-state index is -3.20. The zero-order valence-electron chi connectivity index (χ0n) is 11.3. The van der Waals surface area contributed by atoms with E-state index in [4.69, 9.17) is 0 Å². The first kappa shape index (κ1) is 15.9. The summed E-state index contributed by atoms with van der Waals surface area (Å²) < 4.78 is 26.7. The summed E-state index contributed by atoms with van der Waals surface area (Å²) in [6.07, 6.45) is 0.628. The normalized spacial score (nSPS) is 15.5. The van der Waals surface area contributed by atoms with E-state index in [1.54, 1.807) is 0 Å². The van der Waals surface area contributed by atoms with Gasteiger partial charge < -0.3 is 0 Å². The molecule has 4 nitrogen and oxygen atoms in total. The molecule has 0 N–H and O–H groups in total. The summed E-state index contributed by atoms with van der Waals surface area (Å²) >= 11 is 4.88. The Kier molecular flexibility index (Phi) is 5.51. The SMILES string of the molecule is CCCS(=O)(=O)N1CCN=C1SCc1ccc(Br)cc1. The van der Waals surface area contributed by atoms with Crippen LogP contribution in [0.4, 0.5) is 0 Å². The van der Waals surface area contributed by atoms with Crippen molar-refractivity contribution in [3.63, 3.8) is 0 Å². The molecule has 20 heavy (non-hydrogen) atoms. The largest absolute Gasteiger partial charge is 0.260 e. The number of thioether (sulfide) groups is 1. The zero-order chi connectivity index (χ0) is 14.6. The molecule has 0 bridgehead atoms. The molecule has 1 aromatic rings. The van der Waals surface area contributed by atoms with Crippen LogP contribution in [0, 0.1) is 0 Å². The van der Waals surface area contributed by atoms with Gasteiger partial charge >= 0.3 is 0 Å². The Labute approximate surface area is 132 Å². The third-order valence-corrected chi connectivity index (χ3v) is 6.52. The lowest BCUT2D eigenvalue weighted by atomic mass is 10.2. The first-order valence-corrected chi connectivity index (χ1v) is 9.84. The van der Waals surface area contributed by atoms with E-state index in [0.717, 1.165) is 15.8 Å². The first-order valence-electron chi connectivity index (χ1n) is 6.45. The number of hydrogen-bond acceptors (Lipinski definition) is 4. The minimum absolute atomic E-state index is 0.185. The maximum absolute atomic E-state index is 12.1. The summed E-state index contributed by atoms with van der Waals surface area (Å²) in [6.45, 7) is 2.91. The van der Waals surface area contributed by atoms with Gasteiger partial charge in [0, 0.05) is 10.2 Å². The molecule has 0 radical (unpaired) electrons. The molecule has 0 spiro atoms. The van der Waals surface area contributed by atoms with Crippen LogP contribution < -0.4 is 0 Å². The molecule has 0 saturated carbocycles. The molecule has 110 valence electrons. The summed E-state index contributed by atoms with van der Waals surface area (Å²) in [5.74, 6) is 0.912. The van der Waals surface area contributed by atoms with Crippen LogP contribution in [0.15, 0.2) is 33.7 Å². The fourth-order valence-electron chi connectivity index (χ4n) is 1.88. The highest BCUT2D eigenvalue weighted by Crippen LogP contribution is 2.23. The fraction of sp³-hybridized carbons (Fsp3) is 0.462. The van der Waals surface area contributed by atoms with E-state index in [2.05, 4.69) is 20.9 Å². The molecule has 0 fully saturated rings. The second kappa shape index (κ2) is 6.95. The van der Waals surface area contributed by atoms with Gasteiger partial charge in [-0.3, -0.25) is 4.99 Å². The number of halogens is 1. The van der Waals surface area contributed by atoms with Gasteiger partial charge in [-0.2, -0.15) is 0 Å². The highest BCUT2D eigenvalue weighted by Gasteiger charge is 2.28. The lowest BCUT2D eigenvalue weighted by Crippen LogP contribution is -2.34. The maximum Gasteiger partial charge on any atom is 0.236 e. The molecule has 1 aromatic carbocycles. The molecule has 0 aromatic heterocycles. The van der Waals surface area contributed by atoms with Crippen molar-refractivity contribution < 1.29 is 8.42 Å². The fourth-order valence-corrected chi connectivity index (χ4v) is 4.94. The van der Waals surface area contributed by atoms with Crippen molar-refractivity contribution >= 4 is 42.9 Å². The van der Waals surface area contributed by atoms with Crippen molar-refractivity contribution in [3.8, 4) is 0 Å². The Balaban J connectivity index is 2.00. The standard InChI is InChI=1S/C13H17BrN2O2S2/c1-2-9-20(17,18)16-8-7-15-13(16)19-10-11-3-5-12(14)6-4-11/h3-6H,2,7-10H2,1H3. The van der Waals surface area contributed by atoms with Crippen LogP contribution in [0.25, 0.3) is 0 Å². The van der Waals surface area contributed by atoms with E-state index in [0.29, 0.717) is 24.7 Å². The number of sulfonamides is 1. The van der Waals surface area contributed by atoms with Crippen LogP contribution in [0.3, 0.4) is 0 Å². The smallest absolute Gasteiger partial charge is 0.236 e. The van der Waals surface area contributed by atoms with Gasteiger partial charge in [0.15, 0.2) is 5.17 Å². The maximum atomic E-state index is 12.1. The molecule has 7 heteroatoms. The van der Waals surface area contributed by atoms with Crippen molar-refractivity contribution in [1.29, 1.82) is 0 Å². The van der Waals surface area contributed by atoms with Crippen molar-refractivity contribution in [2.45, 2.75) is 19.1 Å². The Morgan fingerprint density at radius 1 is 1.35 bits per heavy atom. The van der Waals surface area contributed by atoms with Crippen molar-refractivity contribution in [2.24, 2.45) is 4.99 Å². The molecular formula is C13H17BrN2O2S2. The van der Waals surface area contributed by atoms with Crippen LogP contribution in [-0.4, -0.2) is 36.7 Å². The highest BCUT2D eigenvalue weighted by atomic mass is 79.9. The summed E-state index contributed by atoms with van der Waals surface area (Å²) in [7, 11) is -3.20. The summed E-state index contributed by atoms with van der Waals surface area (Å²) in [6, 6.07) is 8.02. The van der Waals surface area contributed by atoms with Gasteiger partial charge in [0.25, 0.3) is 0 Å².